The molecule has 2 aromatic carbocycles. The second kappa shape index (κ2) is 10.3. The van der Waals surface area contributed by atoms with Gasteiger partial charge in [0.1, 0.15) is 5.75 Å². The van der Waals surface area contributed by atoms with Crippen LogP contribution in [0.3, 0.4) is 0 Å². The molecule has 7 nitrogen and oxygen atoms in total. The van der Waals surface area contributed by atoms with Crippen LogP contribution in [0.15, 0.2) is 82.6 Å². The summed E-state index contributed by atoms with van der Waals surface area (Å²) in [6.07, 6.45) is 1.55. The second-order valence-corrected chi connectivity index (χ2v) is 8.29. The average Bonchev–Trinajstić information content (AvgIpc) is 3.46. The van der Waals surface area contributed by atoms with Gasteiger partial charge < -0.3 is 14.5 Å². The zero-order valence-electron chi connectivity index (χ0n) is 17.5. The van der Waals surface area contributed by atoms with Crippen LogP contribution in [0.2, 0.25) is 0 Å². The van der Waals surface area contributed by atoms with Crippen LogP contribution in [0.25, 0.3) is 11.6 Å². The standard InChI is InChI=1S/C23H20F2N4O3S/c1-15(21(30)26-17-10-5-6-11-18(17)32-22(24)25)33-23-28-27-20(19-12-7-13-31-19)29(23)14-16-8-3-2-4-9-16/h2-13,15,22H,14H2,1H3,(H,26,30). The Morgan fingerprint density at radius 2 is 1.85 bits per heavy atom. The van der Waals surface area contributed by atoms with Crippen molar-refractivity contribution in [2.75, 3.05) is 5.32 Å². The molecule has 0 saturated carbocycles. The normalized spacial score (nSPS) is 12.0. The Balaban J connectivity index is 1.54. The number of hydrogen-bond acceptors (Lipinski definition) is 6. The van der Waals surface area contributed by atoms with Gasteiger partial charge in [-0.05, 0) is 36.8 Å². The van der Waals surface area contributed by atoms with Crippen molar-refractivity contribution in [1.29, 1.82) is 0 Å². The second-order valence-electron chi connectivity index (χ2n) is 6.98. The van der Waals surface area contributed by atoms with Gasteiger partial charge >= 0.3 is 6.61 Å². The molecule has 2 heterocycles. The number of benzene rings is 2. The molecule has 0 saturated heterocycles. The van der Waals surface area contributed by atoms with Crippen LogP contribution in [-0.4, -0.2) is 32.5 Å². The summed E-state index contributed by atoms with van der Waals surface area (Å²) < 4.78 is 37.2. The van der Waals surface area contributed by atoms with Crippen molar-refractivity contribution in [3.05, 3.63) is 78.6 Å². The first kappa shape index (κ1) is 22.5. The maximum atomic E-state index is 12.8. The third kappa shape index (κ3) is 5.58. The van der Waals surface area contributed by atoms with E-state index >= 15 is 0 Å². The molecule has 4 aromatic rings. The van der Waals surface area contributed by atoms with Crippen LogP contribution in [-0.2, 0) is 11.3 Å². The lowest BCUT2D eigenvalue weighted by Gasteiger charge is -2.15. The minimum atomic E-state index is -2.99. The topological polar surface area (TPSA) is 82.2 Å². The molecule has 1 amide bonds. The number of rotatable bonds is 9. The number of aromatic nitrogens is 3. The molecule has 4 rings (SSSR count). The van der Waals surface area contributed by atoms with Crippen LogP contribution < -0.4 is 10.1 Å². The van der Waals surface area contributed by atoms with Gasteiger partial charge in [-0.2, -0.15) is 8.78 Å². The number of carbonyl (C=O) groups is 1. The van der Waals surface area contributed by atoms with E-state index in [0.717, 1.165) is 5.56 Å². The fraction of sp³-hybridized carbons (Fsp3) is 0.174. The van der Waals surface area contributed by atoms with Gasteiger partial charge in [0.15, 0.2) is 10.9 Å². The van der Waals surface area contributed by atoms with E-state index in [2.05, 4.69) is 20.3 Å². The van der Waals surface area contributed by atoms with Crippen LogP contribution >= 0.6 is 11.8 Å². The van der Waals surface area contributed by atoms with Crippen molar-refractivity contribution in [1.82, 2.24) is 14.8 Å². The van der Waals surface area contributed by atoms with Crippen molar-refractivity contribution in [3.8, 4) is 17.3 Å². The predicted octanol–water partition coefficient (Wildman–Crippen LogP) is 5.31. The van der Waals surface area contributed by atoms with Crippen LogP contribution in [0.4, 0.5) is 14.5 Å². The molecule has 0 aliphatic rings. The Morgan fingerprint density at radius 1 is 1.09 bits per heavy atom. The van der Waals surface area contributed by atoms with E-state index in [1.54, 1.807) is 37.5 Å². The highest BCUT2D eigenvalue weighted by molar-refractivity contribution is 8.00. The van der Waals surface area contributed by atoms with Gasteiger partial charge in [0.05, 0.1) is 23.7 Å². The van der Waals surface area contributed by atoms with Crippen molar-refractivity contribution >= 4 is 23.4 Å². The highest BCUT2D eigenvalue weighted by Crippen LogP contribution is 2.30. The number of ether oxygens (including phenoxy) is 1. The number of amides is 1. The molecular weight excluding hydrogens is 450 g/mol. The molecule has 0 spiro atoms. The summed E-state index contributed by atoms with van der Waals surface area (Å²) in [6, 6.07) is 19.4. The van der Waals surface area contributed by atoms with Crippen LogP contribution in [0.5, 0.6) is 5.75 Å². The molecule has 10 heteroatoms. The third-order valence-corrected chi connectivity index (χ3v) is 5.73. The number of hydrogen-bond donors (Lipinski definition) is 1. The molecule has 170 valence electrons. The molecule has 33 heavy (non-hydrogen) atoms. The number of para-hydroxylation sites is 2. The van der Waals surface area contributed by atoms with Crippen LogP contribution in [0, 0.1) is 0 Å². The van der Waals surface area contributed by atoms with Gasteiger partial charge in [-0.1, -0.05) is 54.2 Å². The first-order chi connectivity index (χ1) is 16.0. The predicted molar refractivity (Wildman–Crippen MR) is 120 cm³/mol. The number of furan rings is 1. The Morgan fingerprint density at radius 3 is 2.58 bits per heavy atom. The number of nitrogens with zero attached hydrogens (tertiary/aromatic N) is 3. The van der Waals surface area contributed by atoms with Crippen molar-refractivity contribution in [2.45, 2.75) is 30.5 Å². The lowest BCUT2D eigenvalue weighted by atomic mass is 10.2. The van der Waals surface area contributed by atoms with E-state index in [4.69, 9.17) is 4.42 Å². The number of nitrogens with one attached hydrogen (secondary N) is 1. The Kier molecular flexibility index (Phi) is 7.04. The maximum Gasteiger partial charge on any atom is 0.387 e. The van der Waals surface area contributed by atoms with Crippen LogP contribution in [0.1, 0.15) is 12.5 Å². The number of alkyl halides is 2. The van der Waals surface area contributed by atoms with E-state index in [0.29, 0.717) is 23.3 Å². The third-order valence-electron chi connectivity index (χ3n) is 4.65. The minimum Gasteiger partial charge on any atom is -0.461 e. The zero-order valence-corrected chi connectivity index (χ0v) is 18.3. The molecule has 0 bridgehead atoms. The summed E-state index contributed by atoms with van der Waals surface area (Å²) in [5, 5.41) is 11.1. The lowest BCUT2D eigenvalue weighted by Crippen LogP contribution is -2.23. The van der Waals surface area contributed by atoms with E-state index in [1.165, 1.54) is 23.9 Å². The Labute approximate surface area is 192 Å². The largest absolute Gasteiger partial charge is 0.461 e. The highest BCUT2D eigenvalue weighted by atomic mass is 32.2. The molecule has 1 N–H and O–H groups in total. The quantitative estimate of drug-likeness (QED) is 0.334. The minimum absolute atomic E-state index is 0.106. The molecular formula is C23H20F2N4O3S. The van der Waals surface area contributed by atoms with Crippen molar-refractivity contribution in [3.63, 3.8) is 0 Å². The van der Waals surface area contributed by atoms with Gasteiger partial charge in [-0.3, -0.25) is 9.36 Å². The molecule has 0 aliphatic heterocycles. The highest BCUT2D eigenvalue weighted by Gasteiger charge is 2.23. The first-order valence-electron chi connectivity index (χ1n) is 10.0. The molecule has 1 unspecified atom stereocenters. The summed E-state index contributed by atoms with van der Waals surface area (Å²) in [7, 11) is 0. The summed E-state index contributed by atoms with van der Waals surface area (Å²) in [5.41, 5.74) is 1.19. The van der Waals surface area contributed by atoms with Gasteiger partial charge in [0, 0.05) is 0 Å². The summed E-state index contributed by atoms with van der Waals surface area (Å²) in [5.74, 6) is 0.597. The maximum absolute atomic E-state index is 12.8. The van der Waals surface area contributed by atoms with E-state index in [9.17, 15) is 13.6 Å². The summed E-state index contributed by atoms with van der Waals surface area (Å²) >= 11 is 1.20. The van der Waals surface area contributed by atoms with E-state index in [1.807, 2.05) is 34.9 Å². The van der Waals surface area contributed by atoms with Gasteiger partial charge in [-0.15, -0.1) is 10.2 Å². The van der Waals surface area contributed by atoms with E-state index in [-0.39, 0.29) is 17.3 Å². The first-order valence-corrected chi connectivity index (χ1v) is 10.9. The average molecular weight is 471 g/mol. The molecule has 0 aliphatic carbocycles. The fourth-order valence-electron chi connectivity index (χ4n) is 3.09. The Bertz CT molecular complexity index is 1200. The number of carbonyl (C=O) groups excluding carboxylic acids is 1. The number of halogens is 2. The van der Waals surface area contributed by atoms with Gasteiger partial charge in [-0.25, -0.2) is 0 Å². The molecule has 1 atom stereocenters. The molecule has 2 aromatic heterocycles. The van der Waals surface area contributed by atoms with Gasteiger partial charge in [0.2, 0.25) is 11.7 Å². The summed E-state index contributed by atoms with van der Waals surface area (Å²) in [6.45, 7) is -0.817. The van der Waals surface area contributed by atoms with Crippen molar-refractivity contribution in [2.24, 2.45) is 0 Å². The number of thioether (sulfide) groups is 1. The number of anilines is 1. The van der Waals surface area contributed by atoms with Crippen molar-refractivity contribution < 1.29 is 22.7 Å². The molecule has 0 radical (unpaired) electrons. The Hall–Kier alpha value is -3.66. The SMILES string of the molecule is CC(Sc1nnc(-c2ccco2)n1Cc1ccccc1)C(=O)Nc1ccccc1OC(F)F. The van der Waals surface area contributed by atoms with E-state index < -0.39 is 11.9 Å². The summed E-state index contributed by atoms with van der Waals surface area (Å²) in [4.78, 5) is 12.8. The zero-order chi connectivity index (χ0) is 23.2. The van der Waals surface area contributed by atoms with Gasteiger partial charge in [0.25, 0.3) is 0 Å². The smallest absolute Gasteiger partial charge is 0.387 e. The fourth-order valence-corrected chi connectivity index (χ4v) is 3.94. The molecule has 0 fully saturated rings. The lowest BCUT2D eigenvalue weighted by molar-refractivity contribution is -0.115. The monoisotopic (exact) mass is 470 g/mol.